The van der Waals surface area contributed by atoms with Crippen LogP contribution in [0.25, 0.3) is 22.5 Å². The highest BCUT2D eigenvalue weighted by atomic mass is 32.2. The molecule has 0 unspecified atom stereocenters. The van der Waals surface area contributed by atoms with Crippen molar-refractivity contribution in [3.05, 3.63) is 60.2 Å². The van der Waals surface area contributed by atoms with Crippen molar-refractivity contribution in [3.63, 3.8) is 0 Å². The molecule has 2 heterocycles. The average Bonchev–Trinajstić information content (AvgIpc) is 3.33. The van der Waals surface area contributed by atoms with Crippen molar-refractivity contribution in [1.82, 2.24) is 24.4 Å². The summed E-state index contributed by atoms with van der Waals surface area (Å²) in [6.07, 6.45) is 1.42. The van der Waals surface area contributed by atoms with Gasteiger partial charge in [0.1, 0.15) is 28.8 Å². The molecule has 0 saturated heterocycles. The first-order valence-corrected chi connectivity index (χ1v) is 9.90. The second-order valence-corrected chi connectivity index (χ2v) is 8.48. The van der Waals surface area contributed by atoms with Gasteiger partial charge in [0, 0.05) is 19.7 Å². The number of aromatic nitrogens is 4. The maximum absolute atomic E-state index is 13.0. The van der Waals surface area contributed by atoms with Crippen LogP contribution in [-0.4, -0.2) is 47.0 Å². The number of hydrogen-bond acceptors (Lipinski definition) is 7. The SMILES string of the molecule is CN(C)S(=O)(=O)c1ccc2nnn(OCc3coc(-c4ccc(F)cc4)n3)c2c1. The molecule has 11 heteroatoms. The minimum atomic E-state index is -3.61. The molecule has 4 rings (SSSR count). The van der Waals surface area contributed by atoms with E-state index in [0.29, 0.717) is 28.2 Å². The Labute approximate surface area is 165 Å². The molecule has 0 fully saturated rings. The third-order valence-corrected chi connectivity index (χ3v) is 5.95. The lowest BCUT2D eigenvalue weighted by molar-refractivity contribution is 0.0730. The van der Waals surface area contributed by atoms with Gasteiger partial charge in [-0.25, -0.2) is 22.1 Å². The van der Waals surface area contributed by atoms with Crippen LogP contribution in [0.1, 0.15) is 5.69 Å². The molecule has 0 amide bonds. The predicted octanol–water partition coefficient (Wildman–Crippen LogP) is 2.10. The number of benzene rings is 2. The first-order valence-electron chi connectivity index (χ1n) is 8.46. The van der Waals surface area contributed by atoms with E-state index < -0.39 is 10.0 Å². The van der Waals surface area contributed by atoms with E-state index in [-0.39, 0.29) is 17.3 Å². The Hall–Kier alpha value is -3.31. The van der Waals surface area contributed by atoms with Gasteiger partial charge in [0.2, 0.25) is 15.9 Å². The lowest BCUT2D eigenvalue weighted by Crippen LogP contribution is -2.22. The molecule has 29 heavy (non-hydrogen) atoms. The molecule has 9 nitrogen and oxygen atoms in total. The van der Waals surface area contributed by atoms with E-state index in [1.807, 2.05) is 0 Å². The van der Waals surface area contributed by atoms with E-state index in [4.69, 9.17) is 9.25 Å². The van der Waals surface area contributed by atoms with Crippen LogP contribution in [0.4, 0.5) is 4.39 Å². The topological polar surface area (TPSA) is 103 Å². The van der Waals surface area contributed by atoms with E-state index >= 15 is 0 Å². The molecule has 0 radical (unpaired) electrons. The number of oxazole rings is 1. The number of fused-ring (bicyclic) bond motifs is 1. The summed E-state index contributed by atoms with van der Waals surface area (Å²) >= 11 is 0. The molecule has 0 N–H and O–H groups in total. The first kappa shape index (κ1) is 19.0. The zero-order chi connectivity index (χ0) is 20.6. The molecular formula is C18H16FN5O4S. The number of hydrogen-bond donors (Lipinski definition) is 0. The average molecular weight is 417 g/mol. The summed E-state index contributed by atoms with van der Waals surface area (Å²) in [5.41, 5.74) is 1.98. The zero-order valence-corrected chi connectivity index (χ0v) is 16.3. The third kappa shape index (κ3) is 3.69. The van der Waals surface area contributed by atoms with Gasteiger partial charge >= 0.3 is 0 Å². The number of rotatable bonds is 6. The van der Waals surface area contributed by atoms with Gasteiger partial charge in [-0.1, -0.05) is 4.85 Å². The Morgan fingerprint density at radius 3 is 2.66 bits per heavy atom. The summed E-state index contributed by atoms with van der Waals surface area (Å²) < 4.78 is 44.2. The molecule has 0 bridgehead atoms. The molecule has 150 valence electrons. The summed E-state index contributed by atoms with van der Waals surface area (Å²) in [5, 5.41) is 7.85. The molecule has 0 aliphatic rings. The summed E-state index contributed by atoms with van der Waals surface area (Å²) in [7, 11) is -0.699. The summed E-state index contributed by atoms with van der Waals surface area (Å²) in [6.45, 7) is 0.00775. The molecular weight excluding hydrogens is 401 g/mol. The van der Waals surface area contributed by atoms with Gasteiger partial charge in [-0.2, -0.15) is 0 Å². The fourth-order valence-corrected chi connectivity index (χ4v) is 3.49. The largest absolute Gasteiger partial charge is 0.444 e. The Balaban J connectivity index is 1.55. The number of sulfonamides is 1. The Kier molecular flexibility index (Phi) is 4.76. The summed E-state index contributed by atoms with van der Waals surface area (Å²) in [6, 6.07) is 10.2. The van der Waals surface area contributed by atoms with Gasteiger partial charge in [-0.15, -0.1) is 5.10 Å². The van der Waals surface area contributed by atoms with E-state index in [1.54, 1.807) is 18.2 Å². The third-order valence-electron chi connectivity index (χ3n) is 4.14. The molecule has 2 aromatic heterocycles. The lowest BCUT2D eigenvalue weighted by Gasteiger charge is -2.11. The van der Waals surface area contributed by atoms with Crippen LogP contribution in [0.15, 0.2) is 58.0 Å². The lowest BCUT2D eigenvalue weighted by atomic mass is 10.2. The van der Waals surface area contributed by atoms with Gasteiger partial charge in [0.15, 0.2) is 6.61 Å². The highest BCUT2D eigenvalue weighted by Gasteiger charge is 2.19. The number of nitrogens with zero attached hydrogens (tertiary/aromatic N) is 5. The zero-order valence-electron chi connectivity index (χ0n) is 15.5. The van der Waals surface area contributed by atoms with Gasteiger partial charge in [-0.05, 0) is 47.7 Å². The van der Waals surface area contributed by atoms with Crippen molar-refractivity contribution >= 4 is 21.1 Å². The molecule has 2 aromatic carbocycles. The van der Waals surface area contributed by atoms with Gasteiger partial charge in [0.25, 0.3) is 0 Å². The van der Waals surface area contributed by atoms with E-state index in [1.165, 1.54) is 44.6 Å². The van der Waals surface area contributed by atoms with Gasteiger partial charge in [0.05, 0.1) is 4.90 Å². The summed E-state index contributed by atoms with van der Waals surface area (Å²) in [5.74, 6) is -0.0241. The van der Waals surface area contributed by atoms with Crippen molar-refractivity contribution < 1.29 is 22.1 Å². The fraction of sp³-hybridized carbons (Fsp3) is 0.167. The van der Waals surface area contributed by atoms with Crippen molar-refractivity contribution in [2.45, 2.75) is 11.5 Å². The van der Waals surface area contributed by atoms with Crippen LogP contribution in [0, 0.1) is 5.82 Å². The minimum Gasteiger partial charge on any atom is -0.444 e. The van der Waals surface area contributed by atoms with Crippen molar-refractivity contribution in [3.8, 4) is 11.5 Å². The van der Waals surface area contributed by atoms with Crippen molar-refractivity contribution in [2.24, 2.45) is 0 Å². The van der Waals surface area contributed by atoms with Crippen LogP contribution >= 0.6 is 0 Å². The Bertz CT molecular complexity index is 1270. The second kappa shape index (κ2) is 7.26. The predicted molar refractivity (Wildman–Crippen MR) is 101 cm³/mol. The molecule has 0 aliphatic heterocycles. The quantitative estimate of drug-likeness (QED) is 0.473. The van der Waals surface area contributed by atoms with E-state index in [9.17, 15) is 12.8 Å². The van der Waals surface area contributed by atoms with Crippen molar-refractivity contribution in [2.75, 3.05) is 14.1 Å². The first-order chi connectivity index (χ1) is 13.8. The van der Waals surface area contributed by atoms with Crippen LogP contribution in [0.5, 0.6) is 0 Å². The monoisotopic (exact) mass is 417 g/mol. The summed E-state index contributed by atoms with van der Waals surface area (Å²) in [4.78, 5) is 11.1. The molecule has 0 saturated carbocycles. The Morgan fingerprint density at radius 2 is 1.93 bits per heavy atom. The fourth-order valence-electron chi connectivity index (χ4n) is 2.57. The standard InChI is InChI=1S/C18H16FN5O4S/c1-23(2)29(25,26)15-7-8-16-17(9-15)24(22-21-16)28-11-14-10-27-18(20-14)12-3-5-13(19)6-4-12/h3-10H,11H2,1-2H3. The molecule has 0 atom stereocenters. The molecule has 0 aliphatic carbocycles. The van der Waals surface area contributed by atoms with Gasteiger partial charge in [-0.3, -0.25) is 0 Å². The normalized spacial score (nSPS) is 12.0. The van der Waals surface area contributed by atoms with Gasteiger partial charge < -0.3 is 9.25 Å². The smallest absolute Gasteiger partial charge is 0.242 e. The Morgan fingerprint density at radius 1 is 1.17 bits per heavy atom. The second-order valence-electron chi connectivity index (χ2n) is 6.32. The maximum Gasteiger partial charge on any atom is 0.242 e. The highest BCUT2D eigenvalue weighted by Crippen LogP contribution is 2.21. The number of halogens is 1. The van der Waals surface area contributed by atoms with Crippen LogP contribution in [0.3, 0.4) is 0 Å². The minimum absolute atomic E-state index is 0.00775. The van der Waals surface area contributed by atoms with Crippen LogP contribution in [-0.2, 0) is 16.6 Å². The highest BCUT2D eigenvalue weighted by molar-refractivity contribution is 7.89. The van der Waals surface area contributed by atoms with Crippen LogP contribution < -0.4 is 4.84 Å². The van der Waals surface area contributed by atoms with Crippen LogP contribution in [0.2, 0.25) is 0 Å². The molecule has 0 spiro atoms. The molecule has 4 aromatic rings. The van der Waals surface area contributed by atoms with E-state index in [0.717, 1.165) is 9.15 Å². The van der Waals surface area contributed by atoms with Crippen molar-refractivity contribution in [1.29, 1.82) is 0 Å². The van der Waals surface area contributed by atoms with E-state index in [2.05, 4.69) is 15.3 Å². The maximum atomic E-state index is 13.0.